The molecule has 1 rings (SSSR count). The Bertz CT molecular complexity index is 258. The quantitative estimate of drug-likeness (QED) is 0.336. The molecule has 1 saturated heterocycles. The van der Waals surface area contributed by atoms with Crippen LogP contribution in [0.2, 0.25) is 0 Å². The highest BCUT2D eigenvalue weighted by molar-refractivity contribution is 5.79. The van der Waals surface area contributed by atoms with Gasteiger partial charge < -0.3 is 4.90 Å². The monoisotopic (exact) mass is 240 g/mol. The predicted octanol–water partition coefficient (Wildman–Crippen LogP) is 1.97. The van der Waals surface area contributed by atoms with Crippen LogP contribution in [0, 0.1) is 11.3 Å². The summed E-state index contributed by atoms with van der Waals surface area (Å²) in [7, 11) is 0. The van der Waals surface area contributed by atoms with Gasteiger partial charge in [0.2, 0.25) is 5.96 Å². The fourth-order valence-electron chi connectivity index (χ4n) is 2.14. The lowest BCUT2D eigenvalue weighted by Gasteiger charge is -2.25. The topological polar surface area (TPSA) is 53.6 Å². The fourth-order valence-corrected chi connectivity index (χ4v) is 2.14. The molecule has 4 heteroatoms. The first-order valence-corrected chi connectivity index (χ1v) is 6.70. The van der Waals surface area contributed by atoms with Crippen molar-refractivity contribution in [2.45, 2.75) is 47.0 Å². The number of hydrazine groups is 1. The Hall–Kier alpha value is -0.770. The minimum atomic E-state index is 0.451. The Kier molecular flexibility index (Phi) is 5.25. The molecule has 0 aliphatic carbocycles. The van der Waals surface area contributed by atoms with E-state index in [-0.39, 0.29) is 0 Å². The maximum absolute atomic E-state index is 5.59. The molecule has 1 aliphatic rings. The maximum atomic E-state index is 5.59. The molecule has 1 aliphatic heterocycles. The van der Waals surface area contributed by atoms with E-state index in [1.807, 2.05) is 0 Å². The Labute approximate surface area is 106 Å². The van der Waals surface area contributed by atoms with Crippen LogP contribution in [0.4, 0.5) is 0 Å². The number of nitrogens with two attached hydrogens (primary N) is 1. The van der Waals surface area contributed by atoms with Gasteiger partial charge in [-0.1, -0.05) is 27.7 Å². The molecule has 1 heterocycles. The summed E-state index contributed by atoms with van der Waals surface area (Å²) in [6.45, 7) is 12.0. The molecule has 0 aromatic heterocycles. The van der Waals surface area contributed by atoms with E-state index >= 15 is 0 Å². The van der Waals surface area contributed by atoms with E-state index < -0.39 is 0 Å². The second kappa shape index (κ2) is 6.24. The number of hydrogen-bond acceptors (Lipinski definition) is 2. The molecule has 0 atom stereocenters. The van der Waals surface area contributed by atoms with Crippen LogP contribution in [0.15, 0.2) is 4.99 Å². The van der Waals surface area contributed by atoms with Crippen molar-refractivity contribution in [1.29, 1.82) is 0 Å². The van der Waals surface area contributed by atoms with Gasteiger partial charge in [-0.05, 0) is 30.6 Å². The smallest absolute Gasteiger partial charge is 0.208 e. The lowest BCUT2D eigenvalue weighted by molar-refractivity contribution is 0.312. The molecule has 0 unspecified atom stereocenters. The number of likely N-dealkylation sites (tertiary alicyclic amines) is 1. The summed E-state index contributed by atoms with van der Waals surface area (Å²) in [6.07, 6.45) is 3.70. The van der Waals surface area contributed by atoms with Crippen molar-refractivity contribution >= 4 is 5.96 Å². The van der Waals surface area contributed by atoms with E-state index in [0.29, 0.717) is 11.3 Å². The van der Waals surface area contributed by atoms with E-state index in [2.05, 4.69) is 43.0 Å². The van der Waals surface area contributed by atoms with Crippen molar-refractivity contribution in [2.75, 3.05) is 19.6 Å². The molecule has 0 radical (unpaired) electrons. The van der Waals surface area contributed by atoms with Gasteiger partial charge in [0.05, 0.1) is 0 Å². The molecular weight excluding hydrogens is 212 g/mol. The van der Waals surface area contributed by atoms with E-state index in [4.69, 9.17) is 5.84 Å². The molecule has 0 amide bonds. The standard InChI is InChI=1S/C13H28N4/c1-11(2)10-15-12(16-14)17-8-5-6-13(3,4)7-9-17/h11H,5-10,14H2,1-4H3,(H,15,16). The van der Waals surface area contributed by atoms with Gasteiger partial charge in [-0.25, -0.2) is 5.84 Å². The van der Waals surface area contributed by atoms with E-state index in [1.165, 1.54) is 19.3 Å². The highest BCUT2D eigenvalue weighted by Crippen LogP contribution is 2.29. The Morgan fingerprint density at radius 3 is 2.65 bits per heavy atom. The van der Waals surface area contributed by atoms with Gasteiger partial charge in [0, 0.05) is 19.6 Å². The lowest BCUT2D eigenvalue weighted by Crippen LogP contribution is -2.45. The third-order valence-corrected chi connectivity index (χ3v) is 3.37. The van der Waals surface area contributed by atoms with E-state index in [9.17, 15) is 0 Å². The first kappa shape index (κ1) is 14.3. The van der Waals surface area contributed by atoms with Crippen LogP contribution in [0.5, 0.6) is 0 Å². The first-order chi connectivity index (χ1) is 7.94. The van der Waals surface area contributed by atoms with Crippen molar-refractivity contribution in [3.05, 3.63) is 0 Å². The summed E-state index contributed by atoms with van der Waals surface area (Å²) in [5.41, 5.74) is 3.21. The van der Waals surface area contributed by atoms with E-state index in [1.54, 1.807) is 0 Å². The average molecular weight is 240 g/mol. The van der Waals surface area contributed by atoms with Gasteiger partial charge in [0.15, 0.2) is 0 Å². The SMILES string of the molecule is CC(C)CN=C(NN)N1CCCC(C)(C)CC1. The number of guanidine groups is 1. The van der Waals surface area contributed by atoms with Gasteiger partial charge in [-0.2, -0.15) is 0 Å². The number of hydrogen-bond donors (Lipinski definition) is 2. The number of nitrogens with one attached hydrogen (secondary N) is 1. The molecule has 4 nitrogen and oxygen atoms in total. The highest BCUT2D eigenvalue weighted by atomic mass is 15.4. The minimum absolute atomic E-state index is 0.451. The molecule has 3 N–H and O–H groups in total. The van der Waals surface area contributed by atoms with Crippen LogP contribution >= 0.6 is 0 Å². The van der Waals surface area contributed by atoms with Crippen LogP contribution < -0.4 is 11.3 Å². The second-order valence-electron chi connectivity index (χ2n) is 6.21. The molecular formula is C13H28N4. The molecule has 0 saturated carbocycles. The van der Waals surface area contributed by atoms with Crippen LogP contribution in [0.1, 0.15) is 47.0 Å². The summed E-state index contributed by atoms with van der Waals surface area (Å²) in [4.78, 5) is 6.85. The second-order valence-corrected chi connectivity index (χ2v) is 6.21. The summed E-state index contributed by atoms with van der Waals surface area (Å²) >= 11 is 0. The summed E-state index contributed by atoms with van der Waals surface area (Å²) in [5, 5.41) is 0. The van der Waals surface area contributed by atoms with Crippen LogP contribution in [0.3, 0.4) is 0 Å². The van der Waals surface area contributed by atoms with Gasteiger partial charge in [0.1, 0.15) is 0 Å². The van der Waals surface area contributed by atoms with Crippen molar-refractivity contribution in [1.82, 2.24) is 10.3 Å². The van der Waals surface area contributed by atoms with Gasteiger partial charge in [-0.15, -0.1) is 0 Å². The normalized spacial score (nSPS) is 21.5. The van der Waals surface area contributed by atoms with Gasteiger partial charge in [-0.3, -0.25) is 10.4 Å². The zero-order valence-corrected chi connectivity index (χ0v) is 11.8. The Morgan fingerprint density at radius 2 is 2.06 bits per heavy atom. The van der Waals surface area contributed by atoms with Crippen molar-refractivity contribution < 1.29 is 0 Å². The summed E-state index contributed by atoms with van der Waals surface area (Å²) in [6, 6.07) is 0. The number of nitrogens with zero attached hydrogens (tertiary/aromatic N) is 2. The van der Waals surface area contributed by atoms with Crippen molar-refractivity contribution in [2.24, 2.45) is 22.2 Å². The van der Waals surface area contributed by atoms with Gasteiger partial charge >= 0.3 is 0 Å². The Morgan fingerprint density at radius 1 is 1.35 bits per heavy atom. The van der Waals surface area contributed by atoms with Crippen LogP contribution in [-0.2, 0) is 0 Å². The molecule has 0 spiro atoms. The van der Waals surface area contributed by atoms with Crippen LogP contribution in [-0.4, -0.2) is 30.5 Å². The maximum Gasteiger partial charge on any atom is 0.208 e. The zero-order valence-electron chi connectivity index (χ0n) is 11.8. The zero-order chi connectivity index (χ0) is 12.9. The summed E-state index contributed by atoms with van der Waals surface area (Å²) < 4.78 is 0. The third-order valence-electron chi connectivity index (χ3n) is 3.37. The van der Waals surface area contributed by atoms with E-state index in [0.717, 1.165) is 25.6 Å². The van der Waals surface area contributed by atoms with Crippen molar-refractivity contribution in [3.8, 4) is 0 Å². The molecule has 17 heavy (non-hydrogen) atoms. The van der Waals surface area contributed by atoms with Crippen LogP contribution in [0.25, 0.3) is 0 Å². The third kappa shape index (κ3) is 4.94. The van der Waals surface area contributed by atoms with Crippen molar-refractivity contribution in [3.63, 3.8) is 0 Å². The number of aliphatic imine (C=N–C) groups is 1. The Balaban J connectivity index is 2.60. The minimum Gasteiger partial charge on any atom is -0.342 e. The highest BCUT2D eigenvalue weighted by Gasteiger charge is 2.24. The first-order valence-electron chi connectivity index (χ1n) is 6.70. The summed E-state index contributed by atoms with van der Waals surface area (Å²) in [5.74, 6) is 7.01. The average Bonchev–Trinajstić information content (AvgIpc) is 2.41. The number of rotatable bonds is 2. The molecule has 0 aromatic rings. The van der Waals surface area contributed by atoms with Gasteiger partial charge in [0.25, 0.3) is 0 Å². The molecule has 0 bridgehead atoms. The predicted molar refractivity (Wildman–Crippen MR) is 73.7 cm³/mol. The molecule has 1 fully saturated rings. The fraction of sp³-hybridized carbons (Fsp3) is 0.923. The molecule has 0 aromatic carbocycles. The molecule has 100 valence electrons. The lowest BCUT2D eigenvalue weighted by atomic mass is 9.85. The largest absolute Gasteiger partial charge is 0.342 e.